The van der Waals surface area contributed by atoms with Gasteiger partial charge in [0.15, 0.2) is 5.82 Å². The molecule has 0 radical (unpaired) electrons. The summed E-state index contributed by atoms with van der Waals surface area (Å²) in [6, 6.07) is 7.59. The van der Waals surface area contributed by atoms with E-state index in [1.807, 2.05) is 31.3 Å². The monoisotopic (exact) mass is 386 g/mol. The molecule has 0 spiro atoms. The predicted octanol–water partition coefficient (Wildman–Crippen LogP) is 4.45. The third-order valence-electron chi connectivity index (χ3n) is 5.28. The summed E-state index contributed by atoms with van der Waals surface area (Å²) >= 11 is 6.03. The maximum atomic E-state index is 12.5. The van der Waals surface area contributed by atoms with Crippen LogP contribution in [0.25, 0.3) is 22.5 Å². The zero-order valence-electron chi connectivity index (χ0n) is 15.4. The van der Waals surface area contributed by atoms with E-state index in [0.29, 0.717) is 29.7 Å². The van der Waals surface area contributed by atoms with E-state index in [1.165, 1.54) is 6.42 Å². The van der Waals surface area contributed by atoms with Gasteiger partial charge in [0, 0.05) is 41.9 Å². The Hall–Kier alpha value is -2.34. The number of fused-ring (bicyclic) bond motifs is 1. The first-order chi connectivity index (χ1) is 13.1. The van der Waals surface area contributed by atoms with Crippen molar-refractivity contribution >= 4 is 28.4 Å². The highest BCUT2D eigenvalue weighted by molar-refractivity contribution is 6.31. The molecule has 0 saturated heterocycles. The number of H-pyrrole nitrogens is 1. The third-order valence-corrected chi connectivity index (χ3v) is 5.52. The van der Waals surface area contributed by atoms with Crippen molar-refractivity contribution in [3.63, 3.8) is 0 Å². The van der Waals surface area contributed by atoms with Gasteiger partial charge in [0.25, 0.3) is 5.89 Å². The summed E-state index contributed by atoms with van der Waals surface area (Å²) in [5.74, 6) is 1.47. The first-order valence-electron chi connectivity index (χ1n) is 9.46. The molecule has 1 N–H and O–H groups in total. The van der Waals surface area contributed by atoms with Gasteiger partial charge in [-0.25, -0.2) is 0 Å². The summed E-state index contributed by atoms with van der Waals surface area (Å²) < 4.78 is 5.39. The lowest BCUT2D eigenvalue weighted by Gasteiger charge is -2.26. The summed E-state index contributed by atoms with van der Waals surface area (Å²) in [6.07, 6.45) is 6.17. The topological polar surface area (TPSA) is 75.0 Å². The number of aromatic nitrogens is 3. The van der Waals surface area contributed by atoms with Crippen LogP contribution in [0.4, 0.5) is 0 Å². The maximum Gasteiger partial charge on any atom is 0.274 e. The van der Waals surface area contributed by atoms with Crippen LogP contribution in [0.2, 0.25) is 5.02 Å². The Balaban J connectivity index is 1.39. The number of nitrogens with zero attached hydrogens (tertiary/aromatic N) is 3. The molecular weight excluding hydrogens is 364 g/mol. The third kappa shape index (κ3) is 4.00. The standard InChI is InChI=1S/C20H23ClN4O2/c1-25(20(26)13-5-3-2-4-6-13)10-9-18-23-19(27-24-18)17-12-14-11-15(21)7-8-16(14)22-17/h7-8,11-13,22H,2-6,9-10H2,1H3. The summed E-state index contributed by atoms with van der Waals surface area (Å²) in [6.45, 7) is 0.594. The van der Waals surface area contributed by atoms with Gasteiger partial charge in [0.1, 0.15) is 5.69 Å². The van der Waals surface area contributed by atoms with E-state index in [4.69, 9.17) is 16.1 Å². The van der Waals surface area contributed by atoms with E-state index in [-0.39, 0.29) is 11.8 Å². The number of carbonyl (C=O) groups is 1. The Kier molecular flexibility index (Phi) is 5.16. The minimum atomic E-state index is 0.183. The van der Waals surface area contributed by atoms with E-state index >= 15 is 0 Å². The molecule has 0 unspecified atom stereocenters. The second kappa shape index (κ2) is 7.72. The van der Waals surface area contributed by atoms with Crippen molar-refractivity contribution in [3.05, 3.63) is 35.1 Å². The van der Waals surface area contributed by atoms with Crippen molar-refractivity contribution in [1.82, 2.24) is 20.0 Å². The van der Waals surface area contributed by atoms with Crippen LogP contribution in [0.3, 0.4) is 0 Å². The Morgan fingerprint density at radius 1 is 1.30 bits per heavy atom. The number of halogens is 1. The molecule has 2 aromatic heterocycles. The van der Waals surface area contributed by atoms with Gasteiger partial charge < -0.3 is 14.4 Å². The number of hydrogen-bond donors (Lipinski definition) is 1. The molecule has 7 heteroatoms. The Bertz CT molecular complexity index is 943. The van der Waals surface area contributed by atoms with Crippen LogP contribution in [-0.4, -0.2) is 39.5 Å². The fraction of sp³-hybridized carbons (Fsp3) is 0.450. The molecule has 1 saturated carbocycles. The van der Waals surface area contributed by atoms with Crippen molar-refractivity contribution in [1.29, 1.82) is 0 Å². The van der Waals surface area contributed by atoms with Gasteiger partial charge in [0.05, 0.1) is 0 Å². The fourth-order valence-corrected chi connectivity index (χ4v) is 3.90. The smallest absolute Gasteiger partial charge is 0.274 e. The van der Waals surface area contributed by atoms with Crippen molar-refractivity contribution < 1.29 is 9.32 Å². The first kappa shape index (κ1) is 18.0. The highest BCUT2D eigenvalue weighted by atomic mass is 35.5. The quantitative estimate of drug-likeness (QED) is 0.702. The number of nitrogens with one attached hydrogen (secondary N) is 1. The largest absolute Gasteiger partial charge is 0.351 e. The predicted molar refractivity (Wildman–Crippen MR) is 105 cm³/mol. The van der Waals surface area contributed by atoms with Crippen LogP contribution >= 0.6 is 11.6 Å². The molecule has 142 valence electrons. The molecule has 1 aromatic carbocycles. The van der Waals surface area contributed by atoms with Crippen LogP contribution in [0.5, 0.6) is 0 Å². The molecule has 1 aliphatic carbocycles. The lowest BCUT2D eigenvalue weighted by molar-refractivity contribution is -0.135. The molecule has 0 bridgehead atoms. The van der Waals surface area contributed by atoms with Crippen molar-refractivity contribution in [2.45, 2.75) is 38.5 Å². The van der Waals surface area contributed by atoms with Crippen molar-refractivity contribution in [2.24, 2.45) is 5.92 Å². The zero-order valence-corrected chi connectivity index (χ0v) is 16.1. The molecule has 0 aliphatic heterocycles. The summed E-state index contributed by atoms with van der Waals surface area (Å²) in [5, 5.41) is 5.73. The summed E-state index contributed by atoms with van der Waals surface area (Å²) in [5.41, 5.74) is 1.73. The van der Waals surface area contributed by atoms with Crippen LogP contribution in [0, 0.1) is 5.92 Å². The normalized spacial score (nSPS) is 15.3. The van der Waals surface area contributed by atoms with Gasteiger partial charge in [-0.2, -0.15) is 4.98 Å². The van der Waals surface area contributed by atoms with Gasteiger partial charge in [-0.05, 0) is 37.1 Å². The number of carbonyl (C=O) groups excluding carboxylic acids is 1. The summed E-state index contributed by atoms with van der Waals surface area (Å²) in [4.78, 5) is 22.0. The molecule has 1 amide bonds. The molecule has 6 nitrogen and oxygen atoms in total. The van der Waals surface area contributed by atoms with E-state index in [9.17, 15) is 4.79 Å². The van der Waals surface area contributed by atoms with Crippen molar-refractivity contribution in [3.8, 4) is 11.6 Å². The Morgan fingerprint density at radius 3 is 2.93 bits per heavy atom. The van der Waals surface area contributed by atoms with E-state index in [0.717, 1.165) is 42.3 Å². The molecule has 3 aromatic rings. The minimum Gasteiger partial charge on any atom is -0.351 e. The molecule has 27 heavy (non-hydrogen) atoms. The molecular formula is C20H23ClN4O2. The lowest BCUT2D eigenvalue weighted by Crippen LogP contribution is -2.35. The minimum absolute atomic E-state index is 0.183. The number of amides is 1. The fourth-order valence-electron chi connectivity index (χ4n) is 3.72. The molecule has 2 heterocycles. The molecule has 4 rings (SSSR count). The van der Waals surface area contributed by atoms with Crippen LogP contribution in [0.15, 0.2) is 28.8 Å². The Labute approximate surface area is 162 Å². The van der Waals surface area contributed by atoms with E-state index < -0.39 is 0 Å². The number of benzene rings is 1. The second-order valence-electron chi connectivity index (χ2n) is 7.28. The highest BCUT2D eigenvalue weighted by Gasteiger charge is 2.24. The van der Waals surface area contributed by atoms with E-state index in [2.05, 4.69) is 15.1 Å². The van der Waals surface area contributed by atoms with Crippen LogP contribution in [0.1, 0.15) is 37.9 Å². The average molecular weight is 387 g/mol. The SMILES string of the molecule is CN(CCc1noc(-c2cc3cc(Cl)ccc3[nH]2)n1)C(=O)C1CCCCC1. The maximum absolute atomic E-state index is 12.5. The molecule has 1 aliphatic rings. The highest BCUT2D eigenvalue weighted by Crippen LogP contribution is 2.26. The van der Waals surface area contributed by atoms with Gasteiger partial charge in [-0.15, -0.1) is 0 Å². The van der Waals surface area contributed by atoms with Gasteiger partial charge in [0.2, 0.25) is 5.91 Å². The number of likely N-dealkylation sites (N-methyl/N-ethyl adjacent to an activating group) is 1. The number of hydrogen-bond acceptors (Lipinski definition) is 4. The first-order valence-corrected chi connectivity index (χ1v) is 9.84. The van der Waals surface area contributed by atoms with Crippen LogP contribution in [-0.2, 0) is 11.2 Å². The second-order valence-corrected chi connectivity index (χ2v) is 7.71. The summed E-state index contributed by atoms with van der Waals surface area (Å²) in [7, 11) is 1.86. The van der Waals surface area contributed by atoms with E-state index in [1.54, 1.807) is 4.90 Å². The van der Waals surface area contributed by atoms with Crippen molar-refractivity contribution in [2.75, 3.05) is 13.6 Å². The van der Waals surface area contributed by atoms with Gasteiger partial charge >= 0.3 is 0 Å². The van der Waals surface area contributed by atoms with Gasteiger partial charge in [-0.3, -0.25) is 4.79 Å². The zero-order chi connectivity index (χ0) is 18.8. The number of rotatable bonds is 5. The van der Waals surface area contributed by atoms with Crippen LogP contribution < -0.4 is 0 Å². The lowest BCUT2D eigenvalue weighted by atomic mass is 9.88. The number of aromatic amines is 1. The molecule has 0 atom stereocenters. The Morgan fingerprint density at radius 2 is 2.11 bits per heavy atom. The average Bonchev–Trinajstić information content (AvgIpc) is 3.32. The molecule has 1 fully saturated rings. The van der Waals surface area contributed by atoms with Gasteiger partial charge in [-0.1, -0.05) is 36.0 Å².